The van der Waals surface area contributed by atoms with Gasteiger partial charge in [0.1, 0.15) is 5.82 Å². The number of halogens is 1. The van der Waals surface area contributed by atoms with Crippen LogP contribution in [0.4, 0.5) is 5.82 Å². The highest BCUT2D eigenvalue weighted by Crippen LogP contribution is 2.30. The Labute approximate surface area is 217 Å². The van der Waals surface area contributed by atoms with Gasteiger partial charge < -0.3 is 19.3 Å². The van der Waals surface area contributed by atoms with Crippen LogP contribution in [-0.4, -0.2) is 67.3 Å². The summed E-state index contributed by atoms with van der Waals surface area (Å²) in [5.74, 6) is 1.79. The minimum atomic E-state index is -0.00550. The Morgan fingerprint density at radius 3 is 2.47 bits per heavy atom. The van der Waals surface area contributed by atoms with E-state index in [0.29, 0.717) is 63.3 Å². The molecule has 36 heavy (non-hydrogen) atoms. The van der Waals surface area contributed by atoms with Crippen LogP contribution < -0.4 is 4.90 Å². The quantitative estimate of drug-likeness (QED) is 0.478. The van der Waals surface area contributed by atoms with Crippen LogP contribution in [0.2, 0.25) is 5.02 Å². The van der Waals surface area contributed by atoms with E-state index in [1.807, 2.05) is 59.5 Å². The van der Waals surface area contributed by atoms with Crippen LogP contribution in [0.15, 0.2) is 54.6 Å². The third-order valence-corrected chi connectivity index (χ3v) is 7.10. The average Bonchev–Trinajstić information content (AvgIpc) is 3.46. The number of methoxy groups -OCH3 is 1. The number of amides is 1. The molecule has 1 aromatic heterocycles. The number of nitrogens with zero attached hydrogens (tertiary/aromatic N) is 4. The highest BCUT2D eigenvalue weighted by molar-refractivity contribution is 6.30. The van der Waals surface area contributed by atoms with Gasteiger partial charge in [-0.3, -0.25) is 4.79 Å². The molecule has 1 atom stereocenters. The molecule has 2 fully saturated rings. The van der Waals surface area contributed by atoms with Crippen LogP contribution in [0.5, 0.6) is 0 Å². The Bertz CT molecular complexity index is 1180. The van der Waals surface area contributed by atoms with Crippen molar-refractivity contribution in [3.05, 3.63) is 76.4 Å². The van der Waals surface area contributed by atoms with Gasteiger partial charge in [0.25, 0.3) is 0 Å². The topological polar surface area (TPSA) is 67.8 Å². The summed E-state index contributed by atoms with van der Waals surface area (Å²) in [5.41, 5.74) is 4.01. The first kappa shape index (κ1) is 24.7. The first-order valence-electron chi connectivity index (χ1n) is 12.4. The van der Waals surface area contributed by atoms with Gasteiger partial charge in [-0.25, -0.2) is 9.97 Å². The highest BCUT2D eigenvalue weighted by Gasteiger charge is 2.31. The summed E-state index contributed by atoms with van der Waals surface area (Å²) >= 11 is 6.13. The second-order valence-electron chi connectivity index (χ2n) is 9.27. The number of rotatable bonds is 7. The maximum absolute atomic E-state index is 12.9. The molecule has 2 saturated heterocycles. The fourth-order valence-electron chi connectivity index (χ4n) is 4.86. The third-order valence-electron chi connectivity index (χ3n) is 6.85. The molecule has 0 saturated carbocycles. The van der Waals surface area contributed by atoms with Gasteiger partial charge in [0, 0.05) is 62.5 Å². The Balaban J connectivity index is 1.48. The molecular formula is C28H31ClN4O3. The minimum Gasteiger partial charge on any atom is -0.381 e. The molecule has 0 spiro atoms. The second kappa shape index (κ2) is 11.4. The molecule has 2 aromatic carbocycles. The molecule has 0 N–H and O–H groups in total. The van der Waals surface area contributed by atoms with E-state index < -0.39 is 0 Å². The summed E-state index contributed by atoms with van der Waals surface area (Å²) < 4.78 is 11.0. The van der Waals surface area contributed by atoms with E-state index in [-0.39, 0.29) is 11.8 Å². The van der Waals surface area contributed by atoms with Crippen molar-refractivity contribution in [1.29, 1.82) is 0 Å². The van der Waals surface area contributed by atoms with Gasteiger partial charge in [-0.2, -0.15) is 0 Å². The zero-order chi connectivity index (χ0) is 24.9. The summed E-state index contributed by atoms with van der Waals surface area (Å²) in [6.07, 6.45) is 1.48. The lowest BCUT2D eigenvalue weighted by Crippen LogP contribution is -2.51. The maximum atomic E-state index is 12.9. The molecule has 0 unspecified atom stereocenters. The first-order chi connectivity index (χ1) is 17.6. The molecule has 3 aromatic rings. The number of anilines is 1. The molecule has 2 aliphatic rings. The Kier molecular flexibility index (Phi) is 7.80. The molecule has 8 heteroatoms. The van der Waals surface area contributed by atoms with E-state index in [0.717, 1.165) is 34.6 Å². The molecule has 5 rings (SSSR count). The fourth-order valence-corrected chi connectivity index (χ4v) is 4.99. The molecule has 0 aliphatic carbocycles. The smallest absolute Gasteiger partial charge is 0.228 e. The zero-order valence-electron chi connectivity index (χ0n) is 20.5. The van der Waals surface area contributed by atoms with Crippen LogP contribution in [0.1, 0.15) is 23.2 Å². The lowest BCUT2D eigenvalue weighted by atomic mass is 10.0. The molecule has 2 aliphatic heterocycles. The van der Waals surface area contributed by atoms with Crippen LogP contribution in [-0.2, 0) is 27.3 Å². The summed E-state index contributed by atoms with van der Waals surface area (Å²) in [4.78, 5) is 27.2. The number of carbonyl (C=O) groups is 1. The van der Waals surface area contributed by atoms with Gasteiger partial charge >= 0.3 is 0 Å². The number of hydrogen-bond acceptors (Lipinski definition) is 6. The zero-order valence-corrected chi connectivity index (χ0v) is 21.3. The maximum Gasteiger partial charge on any atom is 0.228 e. The summed E-state index contributed by atoms with van der Waals surface area (Å²) in [7, 11) is 1.69. The van der Waals surface area contributed by atoms with Crippen LogP contribution in [0.3, 0.4) is 0 Å². The van der Waals surface area contributed by atoms with Crippen molar-refractivity contribution in [3.8, 4) is 11.4 Å². The van der Waals surface area contributed by atoms with Crippen molar-refractivity contribution in [2.24, 2.45) is 5.92 Å². The number of piperazine rings is 1. The number of hydrogen-bond donors (Lipinski definition) is 0. The van der Waals surface area contributed by atoms with E-state index in [4.69, 9.17) is 31.0 Å². The van der Waals surface area contributed by atoms with Gasteiger partial charge in [-0.1, -0.05) is 54.1 Å². The van der Waals surface area contributed by atoms with Crippen LogP contribution >= 0.6 is 11.6 Å². The minimum absolute atomic E-state index is 0.00550. The molecule has 0 radical (unpaired) electrons. The molecule has 188 valence electrons. The standard InChI is InChI=1S/C28H31ClN4O3/c1-35-19-25-24(17-20-7-9-23(29)10-8-20)27(31-26(30-25)21-5-3-2-4-6-21)32-12-14-33(15-13-32)28(34)22-11-16-36-18-22/h2-10,22H,11-19H2,1H3/t22-/m1/s1. The van der Waals surface area contributed by atoms with Crippen molar-refractivity contribution < 1.29 is 14.3 Å². The van der Waals surface area contributed by atoms with Crippen LogP contribution in [0.25, 0.3) is 11.4 Å². The van der Waals surface area contributed by atoms with Crippen molar-refractivity contribution in [3.63, 3.8) is 0 Å². The van der Waals surface area contributed by atoms with Crippen LogP contribution in [0, 0.1) is 5.92 Å². The fraction of sp³-hybridized carbons (Fsp3) is 0.393. The molecule has 3 heterocycles. The second-order valence-corrected chi connectivity index (χ2v) is 9.71. The largest absolute Gasteiger partial charge is 0.381 e. The van der Waals surface area contributed by atoms with Crippen molar-refractivity contribution in [1.82, 2.24) is 14.9 Å². The number of benzene rings is 2. The molecule has 1 amide bonds. The average molecular weight is 507 g/mol. The van der Waals surface area contributed by atoms with Gasteiger partial charge in [0.2, 0.25) is 5.91 Å². The SMILES string of the molecule is COCc1nc(-c2ccccc2)nc(N2CCN(C(=O)[C@@H]3CCOC3)CC2)c1Cc1ccc(Cl)cc1. The Hall–Kier alpha value is -3.00. The van der Waals surface area contributed by atoms with E-state index in [1.54, 1.807) is 7.11 Å². The molecule has 7 nitrogen and oxygen atoms in total. The lowest BCUT2D eigenvalue weighted by molar-refractivity contribution is -0.135. The predicted octanol–water partition coefficient (Wildman–Crippen LogP) is 4.22. The monoisotopic (exact) mass is 506 g/mol. The Morgan fingerprint density at radius 1 is 1.06 bits per heavy atom. The predicted molar refractivity (Wildman–Crippen MR) is 140 cm³/mol. The highest BCUT2D eigenvalue weighted by atomic mass is 35.5. The summed E-state index contributed by atoms with van der Waals surface area (Å²) in [5, 5.41) is 0.709. The lowest BCUT2D eigenvalue weighted by Gasteiger charge is -2.37. The summed E-state index contributed by atoms with van der Waals surface area (Å²) in [6, 6.07) is 17.9. The van der Waals surface area contributed by atoms with Crippen molar-refractivity contribution >= 4 is 23.3 Å². The molecule has 0 bridgehead atoms. The number of carbonyl (C=O) groups excluding carboxylic acids is 1. The van der Waals surface area contributed by atoms with Gasteiger partial charge in [0.05, 0.1) is 24.8 Å². The Morgan fingerprint density at radius 2 is 1.81 bits per heavy atom. The van der Waals surface area contributed by atoms with Gasteiger partial charge in [0.15, 0.2) is 5.82 Å². The van der Waals surface area contributed by atoms with Crippen molar-refractivity contribution in [2.75, 3.05) is 51.4 Å². The van der Waals surface area contributed by atoms with E-state index in [2.05, 4.69) is 4.90 Å². The van der Waals surface area contributed by atoms with E-state index in [1.165, 1.54) is 0 Å². The van der Waals surface area contributed by atoms with Crippen molar-refractivity contribution in [2.45, 2.75) is 19.4 Å². The first-order valence-corrected chi connectivity index (χ1v) is 12.8. The van der Waals surface area contributed by atoms with E-state index in [9.17, 15) is 4.79 Å². The third kappa shape index (κ3) is 5.53. The van der Waals surface area contributed by atoms with Gasteiger partial charge in [-0.15, -0.1) is 0 Å². The molecular weight excluding hydrogens is 476 g/mol. The van der Waals surface area contributed by atoms with E-state index >= 15 is 0 Å². The van der Waals surface area contributed by atoms with Gasteiger partial charge in [-0.05, 0) is 24.1 Å². The normalized spacial score (nSPS) is 18.0. The summed E-state index contributed by atoms with van der Waals surface area (Å²) in [6.45, 7) is 4.36. The number of aromatic nitrogens is 2. The number of ether oxygens (including phenoxy) is 2.